The maximum Gasteiger partial charge on any atom is 0.243 e. The first kappa shape index (κ1) is 20.1. The largest absolute Gasteiger partial charge is 0.292 e. The molecule has 0 N–H and O–H groups in total. The van der Waals surface area contributed by atoms with Crippen molar-refractivity contribution in [2.24, 2.45) is 0 Å². The van der Waals surface area contributed by atoms with Crippen molar-refractivity contribution >= 4 is 37.4 Å². The second-order valence-electron chi connectivity index (χ2n) is 6.06. The Morgan fingerprint density at radius 2 is 1.79 bits per heavy atom. The molecule has 0 saturated carbocycles. The third-order valence-corrected chi connectivity index (χ3v) is 7.60. The Labute approximate surface area is 168 Å². The Morgan fingerprint density at radius 1 is 1.14 bits per heavy atom. The first-order chi connectivity index (χ1) is 13.4. The molecule has 0 aliphatic heterocycles. The lowest BCUT2D eigenvalue weighted by molar-refractivity contribution is 0.0978. The first-order valence-electron chi connectivity index (χ1n) is 8.81. The Bertz CT molecular complexity index is 1110. The summed E-state index contributed by atoms with van der Waals surface area (Å²) in [6.07, 6.45) is 0. The smallest absolute Gasteiger partial charge is 0.243 e. The number of rotatable bonds is 7. The summed E-state index contributed by atoms with van der Waals surface area (Å²) in [4.78, 5) is 17.4. The van der Waals surface area contributed by atoms with Crippen molar-refractivity contribution in [3.63, 3.8) is 0 Å². The van der Waals surface area contributed by atoms with Crippen LogP contribution in [0.4, 0.5) is 0 Å². The van der Waals surface area contributed by atoms with Crippen LogP contribution in [0.25, 0.3) is 10.2 Å². The summed E-state index contributed by atoms with van der Waals surface area (Å²) in [5.74, 6) is -1.42. The van der Waals surface area contributed by atoms with E-state index in [9.17, 15) is 18.5 Å². The van der Waals surface area contributed by atoms with Crippen LogP contribution in [0.15, 0.2) is 53.4 Å². The summed E-state index contributed by atoms with van der Waals surface area (Å²) in [6, 6.07) is 15.2. The number of ketones is 1. The van der Waals surface area contributed by atoms with E-state index in [1.54, 1.807) is 13.8 Å². The number of nitriles is 1. The molecule has 2 aromatic carbocycles. The van der Waals surface area contributed by atoms with Gasteiger partial charge in [-0.15, -0.1) is 11.3 Å². The fourth-order valence-electron chi connectivity index (χ4n) is 2.91. The number of nitrogens with zero attached hydrogens (tertiary/aromatic N) is 3. The van der Waals surface area contributed by atoms with Gasteiger partial charge in [-0.05, 0) is 24.3 Å². The number of Topliss-reactive ketones (excluding diaryl/α,β-unsaturated/α-hetero) is 1. The van der Waals surface area contributed by atoms with Gasteiger partial charge in [0.15, 0.2) is 11.7 Å². The lowest BCUT2D eigenvalue weighted by atomic mass is 9.99. The van der Waals surface area contributed by atoms with Gasteiger partial charge in [0.05, 0.1) is 21.2 Å². The van der Waals surface area contributed by atoms with Gasteiger partial charge >= 0.3 is 0 Å². The minimum Gasteiger partial charge on any atom is -0.292 e. The van der Waals surface area contributed by atoms with E-state index in [0.717, 1.165) is 10.2 Å². The zero-order chi connectivity index (χ0) is 20.3. The maximum atomic E-state index is 12.8. The Morgan fingerprint density at radius 3 is 2.36 bits per heavy atom. The van der Waals surface area contributed by atoms with Crippen molar-refractivity contribution in [3.8, 4) is 6.07 Å². The molecule has 0 saturated heterocycles. The van der Waals surface area contributed by atoms with E-state index in [0.29, 0.717) is 18.1 Å². The molecule has 1 heterocycles. The van der Waals surface area contributed by atoms with Crippen LogP contribution in [0.2, 0.25) is 0 Å². The standard InChI is InChI=1S/C20H19N3O3S2/c1-3-23(4-2)28(25,26)15-11-9-14(10-12-15)19(24)16(13-21)20-22-17-7-5-6-8-18(17)27-20/h5-12,16H,3-4H2,1-2H3. The van der Waals surface area contributed by atoms with Crippen LogP contribution in [0.3, 0.4) is 0 Å². The Balaban J connectivity index is 1.90. The van der Waals surface area contributed by atoms with Crippen molar-refractivity contribution < 1.29 is 13.2 Å². The van der Waals surface area contributed by atoms with Crippen LogP contribution in [0.5, 0.6) is 0 Å². The van der Waals surface area contributed by atoms with Gasteiger partial charge in [-0.2, -0.15) is 9.57 Å². The molecular weight excluding hydrogens is 394 g/mol. The summed E-state index contributed by atoms with van der Waals surface area (Å²) in [6.45, 7) is 4.28. The molecule has 0 bridgehead atoms. The molecule has 1 atom stereocenters. The number of hydrogen-bond donors (Lipinski definition) is 0. The summed E-state index contributed by atoms with van der Waals surface area (Å²) >= 11 is 1.31. The minimum absolute atomic E-state index is 0.126. The quantitative estimate of drug-likeness (QED) is 0.549. The van der Waals surface area contributed by atoms with Crippen molar-refractivity contribution in [2.75, 3.05) is 13.1 Å². The fourth-order valence-corrected chi connectivity index (χ4v) is 5.38. The summed E-state index contributed by atoms with van der Waals surface area (Å²) in [5.41, 5.74) is 1.03. The second-order valence-corrected chi connectivity index (χ2v) is 9.06. The predicted octanol–water partition coefficient (Wildman–Crippen LogP) is 3.82. The molecule has 0 amide bonds. The number of carbonyl (C=O) groups is 1. The molecule has 3 rings (SSSR count). The number of fused-ring (bicyclic) bond motifs is 1. The van der Waals surface area contributed by atoms with E-state index in [2.05, 4.69) is 4.98 Å². The van der Waals surface area contributed by atoms with Crippen LogP contribution in [-0.4, -0.2) is 36.6 Å². The van der Waals surface area contributed by atoms with Crippen molar-refractivity contribution in [3.05, 3.63) is 59.1 Å². The molecule has 0 fully saturated rings. The van der Waals surface area contributed by atoms with E-state index < -0.39 is 21.7 Å². The zero-order valence-electron chi connectivity index (χ0n) is 15.5. The van der Waals surface area contributed by atoms with E-state index in [1.807, 2.05) is 30.3 Å². The third kappa shape index (κ3) is 3.69. The van der Waals surface area contributed by atoms with Crippen LogP contribution in [-0.2, 0) is 10.0 Å². The molecule has 3 aromatic rings. The SMILES string of the molecule is CCN(CC)S(=O)(=O)c1ccc(C(=O)C(C#N)c2nc3ccccc3s2)cc1. The van der Waals surface area contributed by atoms with Crippen LogP contribution < -0.4 is 0 Å². The number of benzene rings is 2. The molecule has 1 unspecified atom stereocenters. The topological polar surface area (TPSA) is 91.1 Å². The number of hydrogen-bond acceptors (Lipinski definition) is 6. The summed E-state index contributed by atoms with van der Waals surface area (Å²) in [5, 5.41) is 9.99. The van der Waals surface area contributed by atoms with Crippen molar-refractivity contribution in [1.82, 2.24) is 9.29 Å². The molecule has 8 heteroatoms. The van der Waals surface area contributed by atoms with Crippen LogP contribution in [0, 0.1) is 11.3 Å². The molecule has 6 nitrogen and oxygen atoms in total. The van der Waals surface area contributed by atoms with Crippen LogP contribution in [0.1, 0.15) is 35.1 Å². The van der Waals surface area contributed by atoms with E-state index in [1.165, 1.54) is 39.9 Å². The monoisotopic (exact) mass is 413 g/mol. The summed E-state index contributed by atoms with van der Waals surface area (Å²) in [7, 11) is -3.59. The Kier molecular flexibility index (Phi) is 5.89. The van der Waals surface area contributed by atoms with Crippen molar-refractivity contribution in [2.45, 2.75) is 24.7 Å². The molecule has 0 radical (unpaired) electrons. The number of thiazole rings is 1. The number of aromatic nitrogens is 1. The van der Waals surface area contributed by atoms with Crippen molar-refractivity contribution in [1.29, 1.82) is 5.26 Å². The average molecular weight is 414 g/mol. The number of para-hydroxylation sites is 1. The molecule has 28 heavy (non-hydrogen) atoms. The zero-order valence-corrected chi connectivity index (χ0v) is 17.1. The van der Waals surface area contributed by atoms with Gasteiger partial charge in [0.25, 0.3) is 0 Å². The second kappa shape index (κ2) is 8.19. The van der Waals surface area contributed by atoms with Gasteiger partial charge in [0, 0.05) is 18.7 Å². The maximum absolute atomic E-state index is 12.8. The molecule has 0 aliphatic carbocycles. The molecule has 0 aliphatic rings. The van der Waals surface area contributed by atoms with Gasteiger partial charge in [0.1, 0.15) is 5.01 Å². The van der Waals surface area contributed by atoms with Gasteiger partial charge in [-0.1, -0.05) is 38.1 Å². The third-order valence-electron chi connectivity index (χ3n) is 4.43. The average Bonchev–Trinajstić information content (AvgIpc) is 3.13. The summed E-state index contributed by atoms with van der Waals surface area (Å²) < 4.78 is 27.4. The van der Waals surface area contributed by atoms with Gasteiger partial charge in [0.2, 0.25) is 10.0 Å². The molecule has 0 spiro atoms. The fraction of sp³-hybridized carbons (Fsp3) is 0.250. The number of sulfonamides is 1. The Hall–Kier alpha value is -2.60. The molecular formula is C20H19N3O3S2. The van der Waals surface area contributed by atoms with E-state index in [-0.39, 0.29) is 10.5 Å². The van der Waals surface area contributed by atoms with E-state index in [4.69, 9.17) is 0 Å². The highest BCUT2D eigenvalue weighted by Gasteiger charge is 2.27. The highest BCUT2D eigenvalue weighted by molar-refractivity contribution is 7.89. The molecule has 1 aromatic heterocycles. The minimum atomic E-state index is -3.59. The normalized spacial score (nSPS) is 12.8. The highest BCUT2D eigenvalue weighted by atomic mass is 32.2. The van der Waals surface area contributed by atoms with Gasteiger partial charge in [-0.25, -0.2) is 13.4 Å². The van der Waals surface area contributed by atoms with E-state index >= 15 is 0 Å². The molecule has 144 valence electrons. The number of carbonyl (C=O) groups excluding carboxylic acids is 1. The van der Waals surface area contributed by atoms with Crippen LogP contribution >= 0.6 is 11.3 Å². The van der Waals surface area contributed by atoms with Gasteiger partial charge < -0.3 is 0 Å². The predicted molar refractivity (Wildman–Crippen MR) is 109 cm³/mol. The highest BCUT2D eigenvalue weighted by Crippen LogP contribution is 2.29. The van der Waals surface area contributed by atoms with Gasteiger partial charge in [-0.3, -0.25) is 4.79 Å². The lowest BCUT2D eigenvalue weighted by Crippen LogP contribution is -2.30. The lowest BCUT2D eigenvalue weighted by Gasteiger charge is -2.18. The first-order valence-corrected chi connectivity index (χ1v) is 11.1.